The highest BCUT2D eigenvalue weighted by Gasteiger charge is 2.19. The van der Waals surface area contributed by atoms with Crippen molar-refractivity contribution in [3.63, 3.8) is 0 Å². The van der Waals surface area contributed by atoms with E-state index in [-0.39, 0.29) is 31.1 Å². The van der Waals surface area contributed by atoms with Crippen LogP contribution in [0.3, 0.4) is 0 Å². The Labute approximate surface area is 421 Å². The maximum atomic E-state index is 12.9. The molecule has 394 valence electrons. The first-order valence-electron chi connectivity index (χ1n) is 29.3. The van der Waals surface area contributed by atoms with Crippen molar-refractivity contribution < 1.29 is 28.6 Å². The minimum Gasteiger partial charge on any atom is -0.462 e. The molecule has 0 amide bonds. The first-order chi connectivity index (χ1) is 33.5. The number of carbonyl (C=O) groups is 3. The summed E-state index contributed by atoms with van der Waals surface area (Å²) in [5.41, 5.74) is 0. The van der Waals surface area contributed by atoms with E-state index in [1.165, 1.54) is 173 Å². The van der Waals surface area contributed by atoms with Gasteiger partial charge in [0.05, 0.1) is 0 Å². The highest BCUT2D eigenvalue weighted by molar-refractivity contribution is 5.71. The largest absolute Gasteiger partial charge is 0.462 e. The van der Waals surface area contributed by atoms with Crippen LogP contribution in [-0.2, 0) is 28.6 Å². The summed E-state index contributed by atoms with van der Waals surface area (Å²) in [7, 11) is 0. The van der Waals surface area contributed by atoms with Crippen molar-refractivity contribution in [1.82, 2.24) is 0 Å². The molecule has 6 nitrogen and oxygen atoms in total. The van der Waals surface area contributed by atoms with Crippen LogP contribution in [0.25, 0.3) is 0 Å². The highest BCUT2D eigenvalue weighted by atomic mass is 16.6. The number of rotatable bonds is 53. The first kappa shape index (κ1) is 65.1. The van der Waals surface area contributed by atoms with Gasteiger partial charge in [-0.25, -0.2) is 0 Å². The van der Waals surface area contributed by atoms with Gasteiger partial charge in [0, 0.05) is 19.3 Å². The van der Waals surface area contributed by atoms with E-state index in [0.717, 1.165) is 83.5 Å². The molecule has 1 unspecified atom stereocenters. The Kier molecular flexibility index (Phi) is 54.3. The predicted octanol–water partition coefficient (Wildman–Crippen LogP) is 19.6. The molecule has 0 N–H and O–H groups in total. The number of unbranched alkanes of at least 4 members (excludes halogenated alkanes) is 32. The lowest BCUT2D eigenvalue weighted by Crippen LogP contribution is -2.30. The molecule has 0 aliphatic carbocycles. The number of allylic oxidation sites excluding steroid dienone is 10. The van der Waals surface area contributed by atoms with Gasteiger partial charge in [-0.3, -0.25) is 14.4 Å². The molecule has 68 heavy (non-hydrogen) atoms. The van der Waals surface area contributed by atoms with E-state index < -0.39 is 6.10 Å². The van der Waals surface area contributed by atoms with Gasteiger partial charge in [-0.15, -0.1) is 0 Å². The van der Waals surface area contributed by atoms with E-state index in [1.54, 1.807) is 0 Å². The van der Waals surface area contributed by atoms with Gasteiger partial charge in [-0.1, -0.05) is 229 Å². The molecule has 0 radical (unpaired) electrons. The van der Waals surface area contributed by atoms with Crippen LogP contribution >= 0.6 is 0 Å². The predicted molar refractivity (Wildman–Crippen MR) is 293 cm³/mol. The van der Waals surface area contributed by atoms with Gasteiger partial charge in [0.15, 0.2) is 6.10 Å². The average molecular weight is 952 g/mol. The fourth-order valence-corrected chi connectivity index (χ4v) is 8.26. The third-order valence-electron chi connectivity index (χ3n) is 12.7. The van der Waals surface area contributed by atoms with Crippen molar-refractivity contribution >= 4 is 17.9 Å². The second kappa shape index (κ2) is 56.7. The van der Waals surface area contributed by atoms with Crippen molar-refractivity contribution in [2.24, 2.45) is 0 Å². The Morgan fingerprint density at radius 2 is 0.529 bits per heavy atom. The molecule has 0 spiro atoms. The Morgan fingerprint density at radius 3 is 0.853 bits per heavy atom. The second-order valence-electron chi connectivity index (χ2n) is 19.5. The summed E-state index contributed by atoms with van der Waals surface area (Å²) in [6, 6.07) is 0. The molecular formula is C62H110O6. The molecule has 0 fully saturated rings. The molecule has 0 saturated carbocycles. The number of ether oxygens (including phenoxy) is 3. The van der Waals surface area contributed by atoms with Crippen LogP contribution in [0, 0.1) is 0 Å². The summed E-state index contributed by atoms with van der Waals surface area (Å²) in [6.45, 7) is 6.59. The summed E-state index contributed by atoms with van der Waals surface area (Å²) < 4.78 is 16.9. The van der Waals surface area contributed by atoms with Crippen LogP contribution in [-0.4, -0.2) is 37.2 Å². The summed E-state index contributed by atoms with van der Waals surface area (Å²) in [4.78, 5) is 38.2. The first-order valence-corrected chi connectivity index (χ1v) is 29.3. The number of hydrogen-bond donors (Lipinski definition) is 0. The quantitative estimate of drug-likeness (QED) is 0.0262. The van der Waals surface area contributed by atoms with E-state index >= 15 is 0 Å². The number of esters is 3. The molecule has 0 aromatic heterocycles. The molecular weight excluding hydrogens is 841 g/mol. The Bertz CT molecular complexity index is 1230. The van der Waals surface area contributed by atoms with Gasteiger partial charge >= 0.3 is 17.9 Å². The van der Waals surface area contributed by atoms with Crippen molar-refractivity contribution in [3.8, 4) is 0 Å². The van der Waals surface area contributed by atoms with Gasteiger partial charge in [0.1, 0.15) is 13.2 Å². The van der Waals surface area contributed by atoms with Gasteiger partial charge in [0.2, 0.25) is 0 Å². The normalized spacial score (nSPS) is 12.5. The molecule has 6 heteroatoms. The van der Waals surface area contributed by atoms with Crippen molar-refractivity contribution in [2.75, 3.05) is 13.2 Å². The number of hydrogen-bond acceptors (Lipinski definition) is 6. The lowest BCUT2D eigenvalue weighted by molar-refractivity contribution is -0.167. The topological polar surface area (TPSA) is 78.9 Å². The smallest absolute Gasteiger partial charge is 0.306 e. The second-order valence-corrected chi connectivity index (χ2v) is 19.5. The average Bonchev–Trinajstić information content (AvgIpc) is 3.34. The fourth-order valence-electron chi connectivity index (χ4n) is 8.26. The third kappa shape index (κ3) is 54.1. The zero-order chi connectivity index (χ0) is 49.3. The molecule has 0 aromatic carbocycles. The summed E-state index contributed by atoms with van der Waals surface area (Å²) in [5.74, 6) is -0.891. The Hall–Kier alpha value is -2.89. The monoisotopic (exact) mass is 951 g/mol. The maximum absolute atomic E-state index is 12.9. The zero-order valence-electron chi connectivity index (χ0n) is 45.1. The summed E-state index contributed by atoms with van der Waals surface area (Å²) in [6.07, 6.45) is 70.6. The van der Waals surface area contributed by atoms with Crippen LogP contribution in [0.5, 0.6) is 0 Å². The van der Waals surface area contributed by atoms with Crippen LogP contribution in [0.1, 0.15) is 297 Å². The summed E-state index contributed by atoms with van der Waals surface area (Å²) in [5, 5.41) is 0. The van der Waals surface area contributed by atoms with Gasteiger partial charge in [0.25, 0.3) is 0 Å². The van der Waals surface area contributed by atoms with Crippen LogP contribution < -0.4 is 0 Å². The van der Waals surface area contributed by atoms with Crippen molar-refractivity contribution in [1.29, 1.82) is 0 Å². The minimum atomic E-state index is -0.783. The Morgan fingerprint density at radius 1 is 0.294 bits per heavy atom. The van der Waals surface area contributed by atoms with Crippen LogP contribution in [0.4, 0.5) is 0 Å². The Balaban J connectivity index is 4.37. The fraction of sp³-hybridized carbons (Fsp3) is 0.790. The molecule has 0 heterocycles. The molecule has 0 saturated heterocycles. The SMILES string of the molecule is CCCCC/C=C\C/C=C\CCCCCCCCCCCC(=O)OCC(COC(=O)CCCCCCC/C=C\CCCCCC)OC(=O)CCCCCCCCC/C=C\C/C=C\CCCCCC. The van der Waals surface area contributed by atoms with E-state index in [2.05, 4.69) is 81.5 Å². The molecule has 0 aliphatic heterocycles. The molecule has 0 rings (SSSR count). The molecule has 0 aromatic rings. The minimum absolute atomic E-state index is 0.0813. The number of carbonyl (C=O) groups excluding carboxylic acids is 3. The van der Waals surface area contributed by atoms with E-state index in [4.69, 9.17) is 14.2 Å². The standard InChI is InChI=1S/C62H110O6/c1-4-7-10-13-16-19-22-25-27-29-31-33-34-37-40-43-46-49-52-55-61(64)67-58-59(57-66-60(63)54-51-48-45-42-39-36-24-21-18-15-12-9-6-3)68-62(65)56-53-50-47-44-41-38-35-32-30-28-26-23-20-17-14-11-8-5-2/h16,19-21,23-25,27-28,30,59H,4-15,17-18,22,26,29,31-58H2,1-3H3/b19-16-,23-20-,24-21-,27-25-,30-28-. The van der Waals surface area contributed by atoms with E-state index in [1.807, 2.05) is 0 Å². The van der Waals surface area contributed by atoms with Crippen molar-refractivity contribution in [2.45, 2.75) is 303 Å². The zero-order valence-corrected chi connectivity index (χ0v) is 45.1. The highest BCUT2D eigenvalue weighted by Crippen LogP contribution is 2.15. The third-order valence-corrected chi connectivity index (χ3v) is 12.7. The molecule has 0 bridgehead atoms. The maximum Gasteiger partial charge on any atom is 0.306 e. The lowest BCUT2D eigenvalue weighted by Gasteiger charge is -2.18. The molecule has 1 atom stereocenters. The van der Waals surface area contributed by atoms with E-state index in [9.17, 15) is 14.4 Å². The van der Waals surface area contributed by atoms with Gasteiger partial charge < -0.3 is 14.2 Å². The van der Waals surface area contributed by atoms with Gasteiger partial charge in [-0.05, 0) is 109 Å². The van der Waals surface area contributed by atoms with E-state index in [0.29, 0.717) is 19.3 Å². The summed E-state index contributed by atoms with van der Waals surface area (Å²) >= 11 is 0. The van der Waals surface area contributed by atoms with Crippen LogP contribution in [0.2, 0.25) is 0 Å². The van der Waals surface area contributed by atoms with Gasteiger partial charge in [-0.2, -0.15) is 0 Å². The molecule has 0 aliphatic rings. The lowest BCUT2D eigenvalue weighted by atomic mass is 10.1. The van der Waals surface area contributed by atoms with Crippen LogP contribution in [0.15, 0.2) is 60.8 Å². The van der Waals surface area contributed by atoms with Crippen molar-refractivity contribution in [3.05, 3.63) is 60.8 Å².